The van der Waals surface area contributed by atoms with Crippen molar-refractivity contribution in [3.8, 4) is 11.3 Å². The summed E-state index contributed by atoms with van der Waals surface area (Å²) in [5.41, 5.74) is 3.04. The first-order valence-electron chi connectivity index (χ1n) is 11.5. The molecule has 184 valence electrons. The molecule has 0 aliphatic rings. The van der Waals surface area contributed by atoms with Crippen LogP contribution in [0.4, 0.5) is 5.69 Å². The van der Waals surface area contributed by atoms with Crippen LogP contribution >= 0.6 is 11.8 Å². The van der Waals surface area contributed by atoms with Crippen LogP contribution in [0, 0.1) is 0 Å². The van der Waals surface area contributed by atoms with Crippen molar-refractivity contribution in [2.75, 3.05) is 5.32 Å². The van der Waals surface area contributed by atoms with Gasteiger partial charge in [-0.25, -0.2) is 14.8 Å². The highest BCUT2D eigenvalue weighted by molar-refractivity contribution is 8.00. The normalized spacial score (nSPS) is 11.9. The van der Waals surface area contributed by atoms with E-state index in [1.54, 1.807) is 80.7 Å². The number of aromatic nitrogens is 3. The van der Waals surface area contributed by atoms with Crippen molar-refractivity contribution in [2.24, 2.45) is 7.05 Å². The number of pyridine rings is 1. The van der Waals surface area contributed by atoms with E-state index in [0.29, 0.717) is 38.3 Å². The molecule has 2 aromatic heterocycles. The number of anilines is 1. The van der Waals surface area contributed by atoms with Gasteiger partial charge in [-0.3, -0.25) is 14.2 Å². The number of aromatic carboxylic acids is 1. The van der Waals surface area contributed by atoms with Gasteiger partial charge in [0.05, 0.1) is 32.9 Å². The first-order valence-corrected chi connectivity index (χ1v) is 12.4. The first kappa shape index (κ1) is 24.2. The van der Waals surface area contributed by atoms with Crippen LogP contribution in [0.3, 0.4) is 0 Å². The first-order chi connectivity index (χ1) is 17.8. The molecule has 0 aliphatic heterocycles. The van der Waals surface area contributed by atoms with Gasteiger partial charge in [0.1, 0.15) is 0 Å². The number of carbonyl (C=O) groups excluding carboxylic acids is 1. The molecule has 0 saturated heterocycles. The smallest absolute Gasteiger partial charge is 0.336 e. The van der Waals surface area contributed by atoms with Gasteiger partial charge >= 0.3 is 5.97 Å². The lowest BCUT2D eigenvalue weighted by Gasteiger charge is -2.14. The molecule has 5 rings (SSSR count). The number of carboxylic acids is 1. The van der Waals surface area contributed by atoms with Crippen LogP contribution in [0.25, 0.3) is 33.1 Å². The van der Waals surface area contributed by atoms with Gasteiger partial charge in [0.2, 0.25) is 5.91 Å². The Morgan fingerprint density at radius 1 is 0.919 bits per heavy atom. The Kier molecular flexibility index (Phi) is 6.45. The van der Waals surface area contributed by atoms with Gasteiger partial charge in [0.25, 0.3) is 5.56 Å². The average molecular weight is 511 g/mol. The topological polar surface area (TPSA) is 114 Å². The van der Waals surface area contributed by atoms with E-state index < -0.39 is 11.2 Å². The fourth-order valence-corrected chi connectivity index (χ4v) is 4.86. The Morgan fingerprint density at radius 3 is 2.22 bits per heavy atom. The third kappa shape index (κ3) is 4.81. The van der Waals surface area contributed by atoms with E-state index in [1.165, 1.54) is 16.3 Å². The van der Waals surface area contributed by atoms with E-state index in [2.05, 4.69) is 15.3 Å². The second kappa shape index (κ2) is 9.87. The van der Waals surface area contributed by atoms with E-state index in [0.717, 1.165) is 5.56 Å². The summed E-state index contributed by atoms with van der Waals surface area (Å²) in [6.07, 6.45) is 0. The van der Waals surface area contributed by atoms with Gasteiger partial charge in [-0.2, -0.15) is 0 Å². The van der Waals surface area contributed by atoms with Crippen LogP contribution in [0.5, 0.6) is 0 Å². The molecule has 0 bridgehead atoms. The molecule has 0 fully saturated rings. The van der Waals surface area contributed by atoms with Crippen molar-refractivity contribution in [3.05, 3.63) is 94.8 Å². The van der Waals surface area contributed by atoms with E-state index in [4.69, 9.17) is 0 Å². The molecule has 0 aliphatic carbocycles. The number of rotatable bonds is 6. The zero-order valence-electron chi connectivity index (χ0n) is 20.0. The largest absolute Gasteiger partial charge is 0.478 e. The zero-order valence-corrected chi connectivity index (χ0v) is 20.8. The number of hydrogen-bond acceptors (Lipinski definition) is 6. The number of nitrogens with one attached hydrogen (secondary N) is 1. The average Bonchev–Trinajstić information content (AvgIpc) is 2.91. The Bertz CT molecular complexity index is 1730. The van der Waals surface area contributed by atoms with Gasteiger partial charge in [-0.05, 0) is 43.3 Å². The predicted molar refractivity (Wildman–Crippen MR) is 145 cm³/mol. The number of hydrogen-bond donors (Lipinski definition) is 2. The van der Waals surface area contributed by atoms with E-state index >= 15 is 0 Å². The van der Waals surface area contributed by atoms with Crippen LogP contribution in [-0.2, 0) is 11.8 Å². The predicted octanol–water partition coefficient (Wildman–Crippen LogP) is 4.97. The molecule has 1 amide bonds. The lowest BCUT2D eigenvalue weighted by atomic mass is 10.0. The SMILES string of the molecule is CC(Sc1nc2ccccc2c(=O)n1C)C(=O)Nc1ccc(-c2cc(C(=O)O)c3ccccc3n2)cc1. The Hall–Kier alpha value is -4.50. The summed E-state index contributed by atoms with van der Waals surface area (Å²) in [6.45, 7) is 1.75. The zero-order chi connectivity index (χ0) is 26.1. The van der Waals surface area contributed by atoms with Gasteiger partial charge in [-0.15, -0.1) is 0 Å². The maximum atomic E-state index is 12.9. The second-order valence-electron chi connectivity index (χ2n) is 8.48. The minimum atomic E-state index is -1.02. The number of para-hydroxylation sites is 2. The number of fused-ring (bicyclic) bond motifs is 2. The Labute approximate surface area is 216 Å². The quantitative estimate of drug-likeness (QED) is 0.245. The molecule has 8 nitrogen and oxygen atoms in total. The molecular weight excluding hydrogens is 488 g/mol. The minimum Gasteiger partial charge on any atom is -0.478 e. The maximum Gasteiger partial charge on any atom is 0.336 e. The third-order valence-corrected chi connectivity index (χ3v) is 7.13. The van der Waals surface area contributed by atoms with Crippen molar-refractivity contribution in [1.82, 2.24) is 14.5 Å². The summed E-state index contributed by atoms with van der Waals surface area (Å²) < 4.78 is 1.45. The monoisotopic (exact) mass is 510 g/mol. The molecule has 0 spiro atoms. The highest BCUT2D eigenvalue weighted by Gasteiger charge is 2.19. The molecule has 3 aromatic carbocycles. The molecule has 0 radical (unpaired) electrons. The molecule has 2 N–H and O–H groups in total. The highest BCUT2D eigenvalue weighted by Crippen LogP contribution is 2.27. The molecule has 2 heterocycles. The van der Waals surface area contributed by atoms with Crippen molar-refractivity contribution < 1.29 is 14.7 Å². The van der Waals surface area contributed by atoms with Crippen LogP contribution < -0.4 is 10.9 Å². The minimum absolute atomic E-state index is 0.162. The van der Waals surface area contributed by atoms with Gasteiger partial charge in [0.15, 0.2) is 5.16 Å². The molecule has 37 heavy (non-hydrogen) atoms. The summed E-state index contributed by atoms with van der Waals surface area (Å²) >= 11 is 1.21. The molecule has 1 atom stereocenters. The summed E-state index contributed by atoms with van der Waals surface area (Å²) in [6, 6.07) is 22.8. The Morgan fingerprint density at radius 2 is 1.54 bits per heavy atom. The Balaban J connectivity index is 1.33. The van der Waals surface area contributed by atoms with Gasteiger partial charge in [0, 0.05) is 23.7 Å². The van der Waals surface area contributed by atoms with Gasteiger partial charge < -0.3 is 10.4 Å². The molecule has 5 aromatic rings. The standard InChI is InChI=1S/C28H22N4O4S/c1-16(37-28-31-23-10-6-4-8-20(23)26(34)32(28)2)25(33)29-18-13-11-17(12-14-18)24-15-21(27(35)36)19-7-3-5-9-22(19)30-24/h3-16H,1-2H3,(H,29,33)(H,35,36). The number of nitrogens with zero attached hydrogens (tertiary/aromatic N) is 3. The maximum absolute atomic E-state index is 12.9. The summed E-state index contributed by atoms with van der Waals surface area (Å²) in [5, 5.41) is 13.6. The number of thioether (sulfide) groups is 1. The molecule has 9 heteroatoms. The fourth-order valence-electron chi connectivity index (χ4n) is 3.98. The highest BCUT2D eigenvalue weighted by atomic mass is 32.2. The van der Waals surface area contributed by atoms with Crippen molar-refractivity contribution in [2.45, 2.75) is 17.3 Å². The van der Waals surface area contributed by atoms with Crippen molar-refractivity contribution >= 4 is 51.1 Å². The van der Waals surface area contributed by atoms with Gasteiger partial charge in [-0.1, -0.05) is 54.2 Å². The van der Waals surface area contributed by atoms with Crippen molar-refractivity contribution in [1.29, 1.82) is 0 Å². The molecule has 1 unspecified atom stereocenters. The fraction of sp³-hybridized carbons (Fsp3) is 0.107. The summed E-state index contributed by atoms with van der Waals surface area (Å²) in [5.74, 6) is -1.26. The van der Waals surface area contributed by atoms with Crippen molar-refractivity contribution in [3.63, 3.8) is 0 Å². The van der Waals surface area contributed by atoms with Crippen LogP contribution in [0.15, 0.2) is 88.8 Å². The van der Waals surface area contributed by atoms with E-state index in [9.17, 15) is 19.5 Å². The number of benzene rings is 3. The lowest BCUT2D eigenvalue weighted by molar-refractivity contribution is -0.115. The number of carboxylic acid groups (broad SMARTS) is 1. The van der Waals surface area contributed by atoms with E-state index in [1.807, 2.05) is 12.1 Å². The summed E-state index contributed by atoms with van der Waals surface area (Å²) in [7, 11) is 1.64. The van der Waals surface area contributed by atoms with E-state index in [-0.39, 0.29) is 17.0 Å². The number of amides is 1. The third-order valence-electron chi connectivity index (χ3n) is 5.99. The number of carbonyl (C=O) groups is 2. The van der Waals surface area contributed by atoms with Crippen LogP contribution in [-0.4, -0.2) is 36.8 Å². The van der Waals surface area contributed by atoms with Crippen LogP contribution in [0.1, 0.15) is 17.3 Å². The van der Waals surface area contributed by atoms with Crippen LogP contribution in [0.2, 0.25) is 0 Å². The second-order valence-corrected chi connectivity index (χ2v) is 9.79. The lowest BCUT2D eigenvalue weighted by Crippen LogP contribution is -2.25. The summed E-state index contributed by atoms with van der Waals surface area (Å²) in [4.78, 5) is 46.4. The molecule has 0 saturated carbocycles. The molecular formula is C28H22N4O4S.